The zero-order valence-electron chi connectivity index (χ0n) is 8.64. The molecule has 16 heavy (non-hydrogen) atoms. The number of sulfone groups is 1. The van der Waals surface area contributed by atoms with Crippen LogP contribution in [0.2, 0.25) is 0 Å². The highest BCUT2D eigenvalue weighted by atomic mass is 32.2. The van der Waals surface area contributed by atoms with E-state index in [1.54, 1.807) is 12.3 Å². The number of aromatic amines is 1. The van der Waals surface area contributed by atoms with Gasteiger partial charge in [-0.3, -0.25) is 9.89 Å². The normalized spacial score (nSPS) is 23.1. The standard InChI is InChI=1S/C9H13N3O3S/c13-9(7-2-4-16(14,15)6-7)10-5-8-1-3-11-12-8/h1,3,7H,2,4-6H2,(H,10,13)(H,11,12). The minimum absolute atomic E-state index is 0.0260. The molecule has 1 aliphatic rings. The summed E-state index contributed by atoms with van der Waals surface area (Å²) in [5.41, 5.74) is 0.800. The Morgan fingerprint density at radius 1 is 1.62 bits per heavy atom. The molecule has 0 spiro atoms. The molecule has 6 nitrogen and oxygen atoms in total. The lowest BCUT2D eigenvalue weighted by molar-refractivity contribution is -0.124. The lowest BCUT2D eigenvalue weighted by atomic mass is 10.1. The van der Waals surface area contributed by atoms with Crippen LogP contribution in [-0.2, 0) is 21.2 Å². The van der Waals surface area contributed by atoms with E-state index in [2.05, 4.69) is 15.5 Å². The molecule has 7 heteroatoms. The van der Waals surface area contributed by atoms with Crippen molar-refractivity contribution >= 4 is 15.7 Å². The van der Waals surface area contributed by atoms with E-state index in [0.29, 0.717) is 13.0 Å². The largest absolute Gasteiger partial charge is 0.350 e. The van der Waals surface area contributed by atoms with E-state index >= 15 is 0 Å². The molecular weight excluding hydrogens is 230 g/mol. The van der Waals surface area contributed by atoms with Crippen LogP contribution >= 0.6 is 0 Å². The van der Waals surface area contributed by atoms with Crippen LogP contribution < -0.4 is 5.32 Å². The van der Waals surface area contributed by atoms with Crippen LogP contribution in [-0.4, -0.2) is 36.0 Å². The van der Waals surface area contributed by atoms with Gasteiger partial charge < -0.3 is 5.32 Å². The van der Waals surface area contributed by atoms with E-state index in [1.807, 2.05) is 0 Å². The molecule has 0 bridgehead atoms. The van der Waals surface area contributed by atoms with Gasteiger partial charge in [0.05, 0.1) is 29.7 Å². The average molecular weight is 243 g/mol. The summed E-state index contributed by atoms with van der Waals surface area (Å²) in [5, 5.41) is 9.16. The minimum atomic E-state index is -2.99. The number of H-pyrrole nitrogens is 1. The van der Waals surface area contributed by atoms with E-state index in [1.165, 1.54) is 0 Å². The summed E-state index contributed by atoms with van der Waals surface area (Å²) in [6.45, 7) is 0.357. The molecule has 2 N–H and O–H groups in total. The van der Waals surface area contributed by atoms with Crippen molar-refractivity contribution in [3.63, 3.8) is 0 Å². The summed E-state index contributed by atoms with van der Waals surface area (Å²) >= 11 is 0. The lowest BCUT2D eigenvalue weighted by Crippen LogP contribution is -2.31. The first-order valence-electron chi connectivity index (χ1n) is 5.03. The van der Waals surface area contributed by atoms with E-state index in [4.69, 9.17) is 0 Å². The highest BCUT2D eigenvalue weighted by Crippen LogP contribution is 2.18. The Labute approximate surface area is 93.3 Å². The predicted octanol–water partition coefficient (Wildman–Crippen LogP) is -0.539. The number of nitrogens with zero attached hydrogens (tertiary/aromatic N) is 1. The van der Waals surface area contributed by atoms with Gasteiger partial charge in [-0.15, -0.1) is 0 Å². The monoisotopic (exact) mass is 243 g/mol. The van der Waals surface area contributed by atoms with Crippen molar-refractivity contribution < 1.29 is 13.2 Å². The van der Waals surface area contributed by atoms with Crippen molar-refractivity contribution in [1.29, 1.82) is 0 Å². The van der Waals surface area contributed by atoms with Gasteiger partial charge in [0.2, 0.25) is 5.91 Å². The molecule has 1 aliphatic heterocycles. The summed E-state index contributed by atoms with van der Waals surface area (Å²) in [6, 6.07) is 1.76. The fourth-order valence-electron chi connectivity index (χ4n) is 1.71. The van der Waals surface area contributed by atoms with Crippen molar-refractivity contribution in [2.45, 2.75) is 13.0 Å². The molecule has 0 aromatic carbocycles. The van der Waals surface area contributed by atoms with Crippen molar-refractivity contribution in [3.8, 4) is 0 Å². The Balaban J connectivity index is 1.85. The number of hydrogen-bond donors (Lipinski definition) is 2. The topological polar surface area (TPSA) is 91.9 Å². The van der Waals surface area contributed by atoms with Gasteiger partial charge in [-0.2, -0.15) is 5.10 Å². The maximum absolute atomic E-state index is 11.6. The quantitative estimate of drug-likeness (QED) is 0.745. The number of aromatic nitrogens is 2. The van der Waals surface area contributed by atoms with Crippen LogP contribution in [0.15, 0.2) is 12.3 Å². The van der Waals surface area contributed by atoms with Crippen molar-refractivity contribution in [1.82, 2.24) is 15.5 Å². The van der Waals surface area contributed by atoms with Gasteiger partial charge in [0.25, 0.3) is 0 Å². The van der Waals surface area contributed by atoms with Gasteiger partial charge in [-0.25, -0.2) is 8.42 Å². The number of nitrogens with one attached hydrogen (secondary N) is 2. The highest BCUT2D eigenvalue weighted by Gasteiger charge is 2.32. The highest BCUT2D eigenvalue weighted by molar-refractivity contribution is 7.91. The first-order valence-corrected chi connectivity index (χ1v) is 6.85. The number of rotatable bonds is 3. The fourth-order valence-corrected chi connectivity index (χ4v) is 3.45. The number of amides is 1. The van der Waals surface area contributed by atoms with Crippen LogP contribution in [0.25, 0.3) is 0 Å². The maximum Gasteiger partial charge on any atom is 0.224 e. The summed E-state index contributed by atoms with van der Waals surface area (Å²) in [5.74, 6) is -0.500. The second kappa shape index (κ2) is 4.25. The van der Waals surface area contributed by atoms with E-state index in [-0.39, 0.29) is 17.4 Å². The van der Waals surface area contributed by atoms with Crippen molar-refractivity contribution in [2.75, 3.05) is 11.5 Å². The Hall–Kier alpha value is -1.37. The van der Waals surface area contributed by atoms with Gasteiger partial charge in [0, 0.05) is 6.20 Å². The number of hydrogen-bond acceptors (Lipinski definition) is 4. The maximum atomic E-state index is 11.6. The smallest absolute Gasteiger partial charge is 0.224 e. The molecule has 1 fully saturated rings. The van der Waals surface area contributed by atoms with Crippen LogP contribution in [0.4, 0.5) is 0 Å². The SMILES string of the molecule is O=C(NCc1ccn[nH]1)C1CCS(=O)(=O)C1. The second-order valence-corrected chi connectivity index (χ2v) is 6.13. The van der Waals surface area contributed by atoms with Crippen LogP contribution in [0.5, 0.6) is 0 Å². The molecule has 2 heterocycles. The van der Waals surface area contributed by atoms with Crippen LogP contribution in [0, 0.1) is 5.92 Å². The van der Waals surface area contributed by atoms with Crippen molar-refractivity contribution in [3.05, 3.63) is 18.0 Å². The molecule has 0 saturated carbocycles. The zero-order chi connectivity index (χ0) is 11.6. The van der Waals surface area contributed by atoms with E-state index in [9.17, 15) is 13.2 Å². The second-order valence-electron chi connectivity index (χ2n) is 3.90. The van der Waals surface area contributed by atoms with Gasteiger partial charge in [-0.05, 0) is 12.5 Å². The van der Waals surface area contributed by atoms with Crippen molar-refractivity contribution in [2.24, 2.45) is 5.92 Å². The zero-order valence-corrected chi connectivity index (χ0v) is 9.46. The first-order chi connectivity index (χ1) is 7.57. The Morgan fingerprint density at radius 2 is 2.44 bits per heavy atom. The molecule has 0 aliphatic carbocycles. The summed E-state index contributed by atoms with van der Waals surface area (Å²) < 4.78 is 22.4. The summed E-state index contributed by atoms with van der Waals surface area (Å²) in [7, 11) is -2.99. The Kier molecular flexibility index (Phi) is 2.95. The van der Waals surface area contributed by atoms with E-state index in [0.717, 1.165) is 5.69 Å². The molecule has 1 aromatic heterocycles. The predicted molar refractivity (Wildman–Crippen MR) is 57.2 cm³/mol. The lowest BCUT2D eigenvalue weighted by Gasteiger charge is -2.07. The third-order valence-corrected chi connectivity index (χ3v) is 4.38. The average Bonchev–Trinajstić information content (AvgIpc) is 2.83. The van der Waals surface area contributed by atoms with E-state index < -0.39 is 15.8 Å². The van der Waals surface area contributed by atoms with Gasteiger partial charge in [0.1, 0.15) is 0 Å². The number of carbonyl (C=O) groups excluding carboxylic acids is 1. The molecule has 1 atom stereocenters. The minimum Gasteiger partial charge on any atom is -0.350 e. The van der Waals surface area contributed by atoms with Crippen LogP contribution in [0.1, 0.15) is 12.1 Å². The molecule has 0 radical (unpaired) electrons. The molecular formula is C9H13N3O3S. The molecule has 2 rings (SSSR count). The Bertz CT molecular complexity index is 466. The molecule has 1 saturated heterocycles. The molecule has 1 amide bonds. The van der Waals surface area contributed by atoms with Gasteiger partial charge >= 0.3 is 0 Å². The van der Waals surface area contributed by atoms with Gasteiger partial charge in [0.15, 0.2) is 9.84 Å². The van der Waals surface area contributed by atoms with Gasteiger partial charge in [-0.1, -0.05) is 0 Å². The number of carbonyl (C=O) groups is 1. The summed E-state index contributed by atoms with van der Waals surface area (Å²) in [6.07, 6.45) is 2.03. The Morgan fingerprint density at radius 3 is 3.00 bits per heavy atom. The third kappa shape index (κ3) is 2.60. The molecule has 1 unspecified atom stereocenters. The molecule has 1 aromatic rings. The van der Waals surface area contributed by atoms with Crippen LogP contribution in [0.3, 0.4) is 0 Å². The third-order valence-electron chi connectivity index (χ3n) is 2.61. The first kappa shape index (κ1) is 11.1. The molecule has 88 valence electrons. The fraction of sp³-hybridized carbons (Fsp3) is 0.556. The summed E-state index contributed by atoms with van der Waals surface area (Å²) in [4.78, 5) is 11.6.